The molecule has 1 saturated heterocycles. The van der Waals surface area contributed by atoms with Crippen molar-refractivity contribution in [1.82, 2.24) is 14.8 Å². The maximum Gasteiger partial charge on any atom is 0.225 e. The Bertz CT molecular complexity index is 456. The zero-order chi connectivity index (χ0) is 14.5. The fourth-order valence-corrected chi connectivity index (χ4v) is 3.53. The molecule has 0 bridgehead atoms. The second-order valence-electron chi connectivity index (χ2n) is 6.29. The molecule has 0 unspecified atom stereocenters. The number of hydrogen-bond acceptors (Lipinski definition) is 3. The minimum absolute atomic E-state index is 0.316. The standard InChI is InChI=1S/C17H25N3O/c21-17(16-4-1-2-5-16)20-11-3-10-19(12-13-20)14-15-6-8-18-9-7-15/h6-9,16H,1-5,10-14H2. The molecule has 3 rings (SSSR count). The van der Waals surface area contributed by atoms with E-state index < -0.39 is 0 Å². The van der Waals surface area contributed by atoms with E-state index in [4.69, 9.17) is 0 Å². The molecule has 1 aromatic rings. The third-order valence-corrected chi connectivity index (χ3v) is 4.76. The van der Waals surface area contributed by atoms with Crippen molar-refractivity contribution in [3.05, 3.63) is 30.1 Å². The van der Waals surface area contributed by atoms with Gasteiger partial charge in [0.1, 0.15) is 0 Å². The van der Waals surface area contributed by atoms with Crippen molar-refractivity contribution in [1.29, 1.82) is 0 Å². The summed E-state index contributed by atoms with van der Waals surface area (Å²) in [7, 11) is 0. The van der Waals surface area contributed by atoms with Gasteiger partial charge in [-0.25, -0.2) is 0 Å². The Labute approximate surface area is 127 Å². The highest BCUT2D eigenvalue weighted by molar-refractivity contribution is 5.79. The first kappa shape index (κ1) is 14.5. The Morgan fingerprint density at radius 2 is 1.81 bits per heavy atom. The SMILES string of the molecule is O=C(C1CCCC1)N1CCCN(Cc2ccncc2)CC1. The molecule has 4 nitrogen and oxygen atoms in total. The van der Waals surface area contributed by atoms with E-state index in [2.05, 4.69) is 26.9 Å². The molecule has 1 aliphatic carbocycles. The van der Waals surface area contributed by atoms with Gasteiger partial charge in [-0.2, -0.15) is 0 Å². The van der Waals surface area contributed by atoms with E-state index in [1.54, 1.807) is 0 Å². The molecule has 0 spiro atoms. The Balaban J connectivity index is 1.53. The Morgan fingerprint density at radius 3 is 2.57 bits per heavy atom. The smallest absolute Gasteiger partial charge is 0.225 e. The number of amides is 1. The fraction of sp³-hybridized carbons (Fsp3) is 0.647. The first-order chi connectivity index (χ1) is 10.3. The van der Waals surface area contributed by atoms with Crippen LogP contribution in [-0.2, 0) is 11.3 Å². The lowest BCUT2D eigenvalue weighted by atomic mass is 10.1. The molecule has 0 radical (unpaired) electrons. The van der Waals surface area contributed by atoms with Gasteiger partial charge < -0.3 is 4.90 Å². The second-order valence-corrected chi connectivity index (χ2v) is 6.29. The maximum atomic E-state index is 12.5. The zero-order valence-corrected chi connectivity index (χ0v) is 12.7. The van der Waals surface area contributed by atoms with E-state index in [0.29, 0.717) is 11.8 Å². The van der Waals surface area contributed by atoms with Crippen molar-refractivity contribution in [3.63, 3.8) is 0 Å². The minimum Gasteiger partial charge on any atom is -0.341 e. The summed E-state index contributed by atoms with van der Waals surface area (Å²) in [6, 6.07) is 4.15. The maximum absolute atomic E-state index is 12.5. The third-order valence-electron chi connectivity index (χ3n) is 4.76. The second kappa shape index (κ2) is 7.03. The van der Waals surface area contributed by atoms with Gasteiger partial charge in [0, 0.05) is 51.0 Å². The van der Waals surface area contributed by atoms with E-state index in [0.717, 1.165) is 52.0 Å². The molecule has 0 atom stereocenters. The fourth-order valence-electron chi connectivity index (χ4n) is 3.53. The van der Waals surface area contributed by atoms with E-state index >= 15 is 0 Å². The normalized spacial score (nSPS) is 21.4. The summed E-state index contributed by atoms with van der Waals surface area (Å²) in [6.07, 6.45) is 9.47. The lowest BCUT2D eigenvalue weighted by Gasteiger charge is -2.24. The average Bonchev–Trinajstić information content (AvgIpc) is 2.95. The van der Waals surface area contributed by atoms with Crippen LogP contribution in [0.15, 0.2) is 24.5 Å². The third kappa shape index (κ3) is 3.82. The van der Waals surface area contributed by atoms with E-state index in [1.807, 2.05) is 12.4 Å². The molecule has 114 valence electrons. The monoisotopic (exact) mass is 287 g/mol. The summed E-state index contributed by atoms with van der Waals surface area (Å²) >= 11 is 0. The van der Waals surface area contributed by atoms with Crippen LogP contribution in [0.4, 0.5) is 0 Å². The number of aromatic nitrogens is 1. The van der Waals surface area contributed by atoms with E-state index in [1.165, 1.54) is 18.4 Å². The van der Waals surface area contributed by atoms with Crippen molar-refractivity contribution < 1.29 is 4.79 Å². The van der Waals surface area contributed by atoms with Gasteiger partial charge in [0.15, 0.2) is 0 Å². The van der Waals surface area contributed by atoms with Gasteiger partial charge in [0.05, 0.1) is 0 Å². The molecule has 0 N–H and O–H groups in total. The van der Waals surface area contributed by atoms with Gasteiger partial charge in [-0.1, -0.05) is 12.8 Å². The van der Waals surface area contributed by atoms with Crippen molar-refractivity contribution >= 4 is 5.91 Å². The molecule has 2 heterocycles. The summed E-state index contributed by atoms with van der Waals surface area (Å²) in [5, 5.41) is 0. The largest absolute Gasteiger partial charge is 0.341 e. The lowest BCUT2D eigenvalue weighted by Crippen LogP contribution is -2.38. The van der Waals surface area contributed by atoms with Crippen LogP contribution >= 0.6 is 0 Å². The van der Waals surface area contributed by atoms with Crippen LogP contribution in [-0.4, -0.2) is 46.9 Å². The summed E-state index contributed by atoms with van der Waals surface area (Å²) < 4.78 is 0. The highest BCUT2D eigenvalue weighted by Gasteiger charge is 2.28. The number of hydrogen-bond donors (Lipinski definition) is 0. The number of carbonyl (C=O) groups excluding carboxylic acids is 1. The van der Waals surface area contributed by atoms with Crippen molar-refractivity contribution in [3.8, 4) is 0 Å². The van der Waals surface area contributed by atoms with Crippen LogP contribution in [0, 0.1) is 5.92 Å². The molecular formula is C17H25N3O. The number of carbonyl (C=O) groups is 1. The van der Waals surface area contributed by atoms with Gasteiger partial charge in [-0.05, 0) is 37.0 Å². The van der Waals surface area contributed by atoms with E-state index in [-0.39, 0.29) is 0 Å². The van der Waals surface area contributed by atoms with Crippen LogP contribution in [0.5, 0.6) is 0 Å². The van der Waals surface area contributed by atoms with Crippen LogP contribution in [0.3, 0.4) is 0 Å². The average molecular weight is 287 g/mol. The molecule has 1 saturated carbocycles. The summed E-state index contributed by atoms with van der Waals surface area (Å²) in [4.78, 5) is 21.2. The molecule has 4 heteroatoms. The topological polar surface area (TPSA) is 36.4 Å². The van der Waals surface area contributed by atoms with Crippen LogP contribution in [0.1, 0.15) is 37.7 Å². The van der Waals surface area contributed by atoms with Gasteiger partial charge >= 0.3 is 0 Å². The van der Waals surface area contributed by atoms with Gasteiger partial charge in [0.2, 0.25) is 5.91 Å². The van der Waals surface area contributed by atoms with Crippen molar-refractivity contribution in [2.75, 3.05) is 26.2 Å². The van der Waals surface area contributed by atoms with Crippen LogP contribution in [0.2, 0.25) is 0 Å². The molecule has 21 heavy (non-hydrogen) atoms. The van der Waals surface area contributed by atoms with Crippen LogP contribution < -0.4 is 0 Å². The van der Waals surface area contributed by atoms with E-state index in [9.17, 15) is 4.79 Å². The predicted molar refractivity (Wildman–Crippen MR) is 82.7 cm³/mol. The van der Waals surface area contributed by atoms with Gasteiger partial charge in [-0.15, -0.1) is 0 Å². The highest BCUT2D eigenvalue weighted by atomic mass is 16.2. The Kier molecular flexibility index (Phi) is 4.86. The van der Waals surface area contributed by atoms with Gasteiger partial charge in [0.25, 0.3) is 0 Å². The first-order valence-electron chi connectivity index (χ1n) is 8.23. The minimum atomic E-state index is 0.316. The summed E-state index contributed by atoms with van der Waals surface area (Å²) in [5.41, 5.74) is 1.31. The molecule has 2 aliphatic rings. The Hall–Kier alpha value is -1.42. The first-order valence-corrected chi connectivity index (χ1v) is 8.23. The van der Waals surface area contributed by atoms with Crippen molar-refractivity contribution in [2.24, 2.45) is 5.92 Å². The van der Waals surface area contributed by atoms with Crippen molar-refractivity contribution in [2.45, 2.75) is 38.6 Å². The van der Waals surface area contributed by atoms with Crippen LogP contribution in [0.25, 0.3) is 0 Å². The molecule has 0 aromatic carbocycles. The zero-order valence-electron chi connectivity index (χ0n) is 12.7. The number of rotatable bonds is 3. The molecule has 2 fully saturated rings. The Morgan fingerprint density at radius 1 is 1.05 bits per heavy atom. The summed E-state index contributed by atoms with van der Waals surface area (Å²) in [6.45, 7) is 4.86. The summed E-state index contributed by atoms with van der Waals surface area (Å²) in [5.74, 6) is 0.731. The molecule has 1 aromatic heterocycles. The molecular weight excluding hydrogens is 262 g/mol. The quantitative estimate of drug-likeness (QED) is 0.856. The highest BCUT2D eigenvalue weighted by Crippen LogP contribution is 2.27. The molecule has 1 amide bonds. The number of nitrogens with zero attached hydrogens (tertiary/aromatic N) is 3. The lowest BCUT2D eigenvalue weighted by molar-refractivity contribution is -0.135. The predicted octanol–water partition coefficient (Wildman–Crippen LogP) is 2.31. The number of pyridine rings is 1. The molecule has 1 aliphatic heterocycles. The van der Waals surface area contributed by atoms with Gasteiger partial charge in [-0.3, -0.25) is 14.7 Å².